The van der Waals surface area contributed by atoms with Crippen LogP contribution in [0, 0.1) is 0 Å². The number of hydrogen-bond donors (Lipinski definition) is 3. The molecule has 2 amide bonds. The maximum absolute atomic E-state index is 12.0. The van der Waals surface area contributed by atoms with E-state index < -0.39 is 6.03 Å². The number of methoxy groups -OCH3 is 2. The number of nitrogens with zero attached hydrogens (tertiary/aromatic N) is 2. The number of benzene rings is 2. The fourth-order valence-corrected chi connectivity index (χ4v) is 3.16. The highest BCUT2D eigenvalue weighted by Gasteiger charge is 2.09. The molecule has 0 aliphatic rings. The Balaban J connectivity index is 1.54. The van der Waals surface area contributed by atoms with E-state index in [1.807, 2.05) is 18.2 Å². The molecule has 3 aromatic rings. The molecule has 10 heteroatoms. The van der Waals surface area contributed by atoms with Crippen molar-refractivity contribution >= 4 is 44.9 Å². The van der Waals surface area contributed by atoms with Gasteiger partial charge in [0.05, 0.1) is 14.2 Å². The predicted octanol–water partition coefficient (Wildman–Crippen LogP) is 4.46. The van der Waals surface area contributed by atoms with Crippen LogP contribution in [0.4, 0.5) is 20.7 Å². The first kappa shape index (κ1) is 19.7. The average molecular weight is 420 g/mol. The second-order valence-electron chi connectivity index (χ2n) is 5.54. The molecule has 0 atom stereocenters. The zero-order valence-electron chi connectivity index (χ0n) is 15.2. The summed E-state index contributed by atoms with van der Waals surface area (Å²) >= 11 is 7.12. The molecule has 1 aromatic heterocycles. The number of rotatable bonds is 7. The third-order valence-electron chi connectivity index (χ3n) is 3.62. The van der Waals surface area contributed by atoms with E-state index in [4.69, 9.17) is 21.1 Å². The molecule has 0 saturated heterocycles. The van der Waals surface area contributed by atoms with Crippen LogP contribution >= 0.6 is 22.9 Å². The largest absolute Gasteiger partial charge is 0.493 e. The second-order valence-corrected chi connectivity index (χ2v) is 6.96. The van der Waals surface area contributed by atoms with Crippen molar-refractivity contribution in [3.8, 4) is 11.5 Å². The molecule has 2 aromatic carbocycles. The molecule has 1 heterocycles. The molecule has 0 spiro atoms. The van der Waals surface area contributed by atoms with Crippen LogP contribution in [0.25, 0.3) is 0 Å². The van der Waals surface area contributed by atoms with Crippen LogP contribution in [0.3, 0.4) is 0 Å². The van der Waals surface area contributed by atoms with Gasteiger partial charge >= 0.3 is 6.03 Å². The van der Waals surface area contributed by atoms with E-state index in [1.54, 1.807) is 38.5 Å². The number of halogens is 1. The molecule has 0 bridgehead atoms. The monoisotopic (exact) mass is 419 g/mol. The first-order valence-electron chi connectivity index (χ1n) is 8.19. The Bertz CT molecular complexity index is 966. The van der Waals surface area contributed by atoms with E-state index in [9.17, 15) is 4.79 Å². The third-order valence-corrected chi connectivity index (χ3v) is 4.65. The number of carbonyl (C=O) groups is 1. The fourth-order valence-electron chi connectivity index (χ4n) is 2.34. The first-order valence-corrected chi connectivity index (χ1v) is 9.38. The van der Waals surface area contributed by atoms with Crippen LogP contribution < -0.4 is 25.4 Å². The van der Waals surface area contributed by atoms with Gasteiger partial charge in [-0.15, -0.1) is 10.2 Å². The molecule has 0 aliphatic heterocycles. The lowest BCUT2D eigenvalue weighted by molar-refractivity contribution is 0.262. The molecule has 3 N–H and O–H groups in total. The van der Waals surface area contributed by atoms with E-state index in [2.05, 4.69) is 26.1 Å². The summed E-state index contributed by atoms with van der Waals surface area (Å²) in [5.74, 6) is 1.32. The minimum atomic E-state index is -0.426. The molecule has 28 heavy (non-hydrogen) atoms. The maximum Gasteiger partial charge on any atom is 0.325 e. The van der Waals surface area contributed by atoms with E-state index in [0.29, 0.717) is 39.0 Å². The number of carbonyl (C=O) groups excluding carboxylic acids is 1. The van der Waals surface area contributed by atoms with Crippen LogP contribution in [0.2, 0.25) is 5.02 Å². The summed E-state index contributed by atoms with van der Waals surface area (Å²) in [6.45, 7) is 0.518. The second kappa shape index (κ2) is 9.25. The quantitative estimate of drug-likeness (QED) is 0.523. The summed E-state index contributed by atoms with van der Waals surface area (Å²) in [6, 6.07) is 12.1. The van der Waals surface area contributed by atoms with Gasteiger partial charge < -0.3 is 20.1 Å². The molecule has 0 unspecified atom stereocenters. The minimum absolute atomic E-state index is 0.370. The SMILES string of the molecule is COc1ccc(CNc2nnc(NC(=O)Nc3cccc(Cl)c3)s2)cc1OC. The zero-order valence-corrected chi connectivity index (χ0v) is 16.7. The molecule has 3 rings (SSSR count). The highest BCUT2D eigenvalue weighted by atomic mass is 35.5. The van der Waals surface area contributed by atoms with Crippen molar-refractivity contribution in [1.29, 1.82) is 0 Å². The lowest BCUT2D eigenvalue weighted by atomic mass is 10.2. The maximum atomic E-state index is 12.0. The number of anilines is 3. The number of nitrogens with one attached hydrogen (secondary N) is 3. The van der Waals surface area contributed by atoms with E-state index in [-0.39, 0.29) is 0 Å². The van der Waals surface area contributed by atoms with Crippen LogP contribution in [0.1, 0.15) is 5.56 Å². The number of aromatic nitrogens is 2. The van der Waals surface area contributed by atoms with Crippen LogP contribution in [-0.2, 0) is 6.54 Å². The predicted molar refractivity (Wildman–Crippen MR) is 111 cm³/mol. The summed E-state index contributed by atoms with van der Waals surface area (Å²) in [5.41, 5.74) is 1.57. The standard InChI is InChI=1S/C18H18ClN5O3S/c1-26-14-7-6-11(8-15(14)27-2)10-20-17-23-24-18(28-17)22-16(25)21-13-5-3-4-12(19)9-13/h3-9H,10H2,1-2H3,(H,20,23)(H2,21,22,24,25). The molecule has 0 fully saturated rings. The summed E-state index contributed by atoms with van der Waals surface area (Å²) in [7, 11) is 3.18. The summed E-state index contributed by atoms with van der Waals surface area (Å²) in [6.07, 6.45) is 0. The Kier molecular flexibility index (Phi) is 6.51. The van der Waals surface area contributed by atoms with Gasteiger partial charge in [0, 0.05) is 17.3 Å². The zero-order chi connectivity index (χ0) is 19.9. The third kappa shape index (κ3) is 5.24. The van der Waals surface area contributed by atoms with Gasteiger partial charge in [0.1, 0.15) is 0 Å². The van der Waals surface area contributed by atoms with Gasteiger partial charge in [0.25, 0.3) is 0 Å². The van der Waals surface area contributed by atoms with Gasteiger partial charge in [0.2, 0.25) is 10.3 Å². The summed E-state index contributed by atoms with van der Waals surface area (Å²) < 4.78 is 10.5. The van der Waals surface area contributed by atoms with Crippen molar-refractivity contribution in [3.05, 3.63) is 53.1 Å². The highest BCUT2D eigenvalue weighted by molar-refractivity contribution is 7.19. The smallest absolute Gasteiger partial charge is 0.325 e. The van der Waals surface area contributed by atoms with E-state index in [0.717, 1.165) is 5.56 Å². The Labute approximate surface area is 170 Å². The number of ether oxygens (including phenoxy) is 2. The van der Waals surface area contributed by atoms with Gasteiger partial charge in [-0.25, -0.2) is 4.79 Å². The number of amides is 2. The molecular formula is C18H18ClN5O3S. The van der Waals surface area contributed by atoms with Crippen molar-refractivity contribution in [3.63, 3.8) is 0 Å². The molecule has 8 nitrogen and oxygen atoms in total. The fraction of sp³-hybridized carbons (Fsp3) is 0.167. The molecule has 0 saturated carbocycles. The van der Waals surface area contributed by atoms with Gasteiger partial charge in [0.15, 0.2) is 11.5 Å². The number of urea groups is 1. The van der Waals surface area contributed by atoms with E-state index in [1.165, 1.54) is 11.3 Å². The Hall–Kier alpha value is -3.04. The molecule has 0 aliphatic carbocycles. The summed E-state index contributed by atoms with van der Waals surface area (Å²) in [5, 5.41) is 17.9. The Morgan fingerprint density at radius 2 is 1.82 bits per heavy atom. The van der Waals surface area contributed by atoms with Gasteiger partial charge in [-0.2, -0.15) is 0 Å². The molecule has 0 radical (unpaired) electrons. The normalized spacial score (nSPS) is 10.2. The Morgan fingerprint density at radius 1 is 1.04 bits per heavy atom. The van der Waals surface area contributed by atoms with Crippen molar-refractivity contribution in [2.24, 2.45) is 0 Å². The highest BCUT2D eigenvalue weighted by Crippen LogP contribution is 2.28. The summed E-state index contributed by atoms with van der Waals surface area (Å²) in [4.78, 5) is 12.0. The topological polar surface area (TPSA) is 97.4 Å². The van der Waals surface area contributed by atoms with Crippen molar-refractivity contribution in [1.82, 2.24) is 10.2 Å². The van der Waals surface area contributed by atoms with Gasteiger partial charge in [-0.3, -0.25) is 5.32 Å². The van der Waals surface area contributed by atoms with Gasteiger partial charge in [-0.05, 0) is 35.9 Å². The first-order chi connectivity index (χ1) is 13.6. The minimum Gasteiger partial charge on any atom is -0.493 e. The van der Waals surface area contributed by atoms with Crippen LogP contribution in [-0.4, -0.2) is 30.4 Å². The Morgan fingerprint density at radius 3 is 2.57 bits per heavy atom. The number of hydrogen-bond acceptors (Lipinski definition) is 7. The van der Waals surface area contributed by atoms with Crippen molar-refractivity contribution in [2.75, 3.05) is 30.2 Å². The molecular weight excluding hydrogens is 402 g/mol. The lowest BCUT2D eigenvalue weighted by Gasteiger charge is -2.09. The van der Waals surface area contributed by atoms with E-state index >= 15 is 0 Å². The van der Waals surface area contributed by atoms with Gasteiger partial charge in [-0.1, -0.05) is 35.1 Å². The molecule has 146 valence electrons. The van der Waals surface area contributed by atoms with Crippen LogP contribution in [0.5, 0.6) is 11.5 Å². The lowest BCUT2D eigenvalue weighted by Crippen LogP contribution is -2.19. The van der Waals surface area contributed by atoms with Crippen LogP contribution in [0.15, 0.2) is 42.5 Å². The van der Waals surface area contributed by atoms with Crippen molar-refractivity contribution in [2.45, 2.75) is 6.54 Å². The average Bonchev–Trinajstić information content (AvgIpc) is 3.13. The van der Waals surface area contributed by atoms with Crippen molar-refractivity contribution < 1.29 is 14.3 Å².